The van der Waals surface area contributed by atoms with Crippen molar-refractivity contribution in [3.05, 3.63) is 36.1 Å². The molecule has 1 aromatic carbocycles. The molecule has 0 aliphatic rings. The van der Waals surface area contributed by atoms with Crippen LogP contribution in [0.4, 0.5) is 4.79 Å². The number of fused-ring (bicyclic) bond motifs is 1. The number of amides is 1. The van der Waals surface area contributed by atoms with Gasteiger partial charge in [-0.2, -0.15) is 0 Å². The number of carbonyl (C=O) groups excluding carboxylic acids is 1. The van der Waals surface area contributed by atoms with Gasteiger partial charge in [-0.15, -0.1) is 23.2 Å². The highest BCUT2D eigenvalue weighted by molar-refractivity contribution is 6.22. The molecule has 2 rings (SSSR count). The molecule has 6 heteroatoms. The molecule has 4 nitrogen and oxygen atoms in total. The third kappa shape index (κ3) is 4.32. The SMILES string of the molecule is O=C(NCC(Cl)CCCl)OCc1cc2ccccc2o1. The van der Waals surface area contributed by atoms with Crippen LogP contribution in [0.5, 0.6) is 0 Å². The molecule has 108 valence electrons. The van der Waals surface area contributed by atoms with E-state index in [0.717, 1.165) is 11.0 Å². The smallest absolute Gasteiger partial charge is 0.407 e. The van der Waals surface area contributed by atoms with Crippen molar-refractivity contribution >= 4 is 40.3 Å². The minimum absolute atomic E-state index is 0.0863. The van der Waals surface area contributed by atoms with Crippen molar-refractivity contribution in [1.29, 1.82) is 0 Å². The molecule has 1 amide bonds. The van der Waals surface area contributed by atoms with Gasteiger partial charge in [0, 0.05) is 17.8 Å². The fourth-order valence-corrected chi connectivity index (χ4v) is 2.27. The van der Waals surface area contributed by atoms with Crippen LogP contribution in [-0.2, 0) is 11.3 Å². The van der Waals surface area contributed by atoms with E-state index in [1.165, 1.54) is 0 Å². The Morgan fingerprint density at radius 1 is 1.40 bits per heavy atom. The Morgan fingerprint density at radius 3 is 2.95 bits per heavy atom. The van der Waals surface area contributed by atoms with Crippen molar-refractivity contribution < 1.29 is 13.9 Å². The maximum absolute atomic E-state index is 11.5. The lowest BCUT2D eigenvalue weighted by molar-refractivity contribution is 0.132. The van der Waals surface area contributed by atoms with E-state index in [0.29, 0.717) is 24.6 Å². The average Bonchev–Trinajstić information content (AvgIpc) is 2.86. The molecule has 0 bridgehead atoms. The number of furan rings is 1. The van der Waals surface area contributed by atoms with Crippen molar-refractivity contribution in [2.45, 2.75) is 18.4 Å². The Balaban J connectivity index is 1.78. The highest BCUT2D eigenvalue weighted by atomic mass is 35.5. The fourth-order valence-electron chi connectivity index (χ4n) is 1.71. The lowest BCUT2D eigenvalue weighted by Gasteiger charge is -2.09. The normalized spacial score (nSPS) is 12.3. The van der Waals surface area contributed by atoms with Gasteiger partial charge >= 0.3 is 6.09 Å². The Morgan fingerprint density at radius 2 is 2.20 bits per heavy atom. The molecular weight excluding hydrogens is 301 g/mol. The van der Waals surface area contributed by atoms with Crippen molar-refractivity contribution in [2.24, 2.45) is 0 Å². The molecule has 0 saturated carbocycles. The van der Waals surface area contributed by atoms with Gasteiger partial charge in [-0.05, 0) is 18.6 Å². The predicted molar refractivity (Wildman–Crippen MR) is 79.4 cm³/mol. The monoisotopic (exact) mass is 315 g/mol. The molecule has 1 atom stereocenters. The summed E-state index contributed by atoms with van der Waals surface area (Å²) in [5.74, 6) is 1.06. The van der Waals surface area contributed by atoms with Crippen LogP contribution >= 0.6 is 23.2 Å². The summed E-state index contributed by atoms with van der Waals surface area (Å²) in [6, 6.07) is 9.46. The van der Waals surface area contributed by atoms with Crippen LogP contribution in [0.25, 0.3) is 11.0 Å². The third-order valence-corrected chi connectivity index (χ3v) is 3.30. The molecule has 1 unspecified atom stereocenters. The molecule has 0 radical (unpaired) electrons. The largest absolute Gasteiger partial charge is 0.457 e. The number of hydrogen-bond acceptors (Lipinski definition) is 3. The van der Waals surface area contributed by atoms with Gasteiger partial charge in [-0.25, -0.2) is 4.79 Å². The highest BCUT2D eigenvalue weighted by Gasteiger charge is 2.09. The van der Waals surface area contributed by atoms with Gasteiger partial charge in [-0.1, -0.05) is 18.2 Å². The van der Waals surface area contributed by atoms with Gasteiger partial charge in [0.15, 0.2) is 6.61 Å². The number of carbonyl (C=O) groups is 1. The number of para-hydroxylation sites is 1. The summed E-state index contributed by atoms with van der Waals surface area (Å²) in [5.41, 5.74) is 0.773. The molecule has 0 aliphatic carbocycles. The van der Waals surface area contributed by atoms with Crippen LogP contribution in [0.1, 0.15) is 12.2 Å². The topological polar surface area (TPSA) is 51.5 Å². The van der Waals surface area contributed by atoms with Gasteiger partial charge in [0.25, 0.3) is 0 Å². The van der Waals surface area contributed by atoms with Gasteiger partial charge in [0.2, 0.25) is 0 Å². The maximum Gasteiger partial charge on any atom is 0.407 e. The molecule has 0 saturated heterocycles. The summed E-state index contributed by atoms with van der Waals surface area (Å²) in [6.07, 6.45) is 0.109. The second-order valence-corrected chi connectivity index (χ2v) is 5.28. The van der Waals surface area contributed by atoms with E-state index < -0.39 is 6.09 Å². The number of nitrogens with one attached hydrogen (secondary N) is 1. The van der Waals surface area contributed by atoms with Gasteiger partial charge in [0.1, 0.15) is 11.3 Å². The van der Waals surface area contributed by atoms with Crippen molar-refractivity contribution in [3.63, 3.8) is 0 Å². The number of halogens is 2. The summed E-state index contributed by atoms with van der Waals surface area (Å²) in [5, 5.41) is 3.37. The number of rotatable bonds is 6. The standard InChI is InChI=1S/C14H15Cl2NO3/c15-6-5-11(16)8-17-14(18)19-9-12-7-10-3-1-2-4-13(10)20-12/h1-4,7,11H,5-6,8-9H2,(H,17,18). The quantitative estimate of drug-likeness (QED) is 0.823. The Hall–Kier alpha value is -1.39. The molecule has 1 heterocycles. The van der Waals surface area contributed by atoms with E-state index in [2.05, 4.69) is 5.32 Å². The zero-order chi connectivity index (χ0) is 14.4. The first-order valence-corrected chi connectivity index (χ1v) is 7.24. The minimum Gasteiger partial charge on any atom is -0.457 e. The molecule has 0 fully saturated rings. The summed E-state index contributed by atoms with van der Waals surface area (Å²) in [6.45, 7) is 0.413. The molecule has 2 aromatic rings. The van der Waals surface area contributed by atoms with Crippen LogP contribution in [0.2, 0.25) is 0 Å². The summed E-state index contributed by atoms with van der Waals surface area (Å²) in [4.78, 5) is 11.5. The molecule has 1 N–H and O–H groups in total. The van der Waals surface area contributed by atoms with Crippen molar-refractivity contribution in [1.82, 2.24) is 5.32 Å². The summed E-state index contributed by atoms with van der Waals surface area (Å²) < 4.78 is 10.6. The van der Waals surface area contributed by atoms with Crippen LogP contribution in [0, 0.1) is 0 Å². The molecular formula is C14H15Cl2NO3. The first kappa shape index (κ1) is 15.0. The minimum atomic E-state index is -0.523. The number of ether oxygens (including phenoxy) is 1. The second-order valence-electron chi connectivity index (χ2n) is 4.28. The van der Waals surface area contributed by atoms with Crippen molar-refractivity contribution in [3.8, 4) is 0 Å². The first-order valence-electron chi connectivity index (χ1n) is 6.27. The first-order chi connectivity index (χ1) is 9.69. The van der Waals surface area contributed by atoms with E-state index in [1.54, 1.807) is 0 Å². The van der Waals surface area contributed by atoms with Gasteiger partial charge < -0.3 is 14.5 Å². The molecule has 1 aromatic heterocycles. The van der Waals surface area contributed by atoms with E-state index >= 15 is 0 Å². The lowest BCUT2D eigenvalue weighted by atomic mass is 10.2. The van der Waals surface area contributed by atoms with E-state index in [4.69, 9.17) is 32.4 Å². The lowest BCUT2D eigenvalue weighted by Crippen LogP contribution is -2.30. The number of hydrogen-bond donors (Lipinski definition) is 1. The summed E-state index contributed by atoms with van der Waals surface area (Å²) in [7, 11) is 0. The van der Waals surface area contributed by atoms with E-state index in [1.807, 2.05) is 30.3 Å². The second kappa shape index (κ2) is 7.41. The Bertz CT molecular complexity index is 537. The number of alkyl carbamates (subject to hydrolysis) is 1. The Kier molecular flexibility index (Phi) is 5.56. The molecule has 20 heavy (non-hydrogen) atoms. The van der Waals surface area contributed by atoms with E-state index in [9.17, 15) is 4.79 Å². The van der Waals surface area contributed by atoms with Crippen LogP contribution in [0.15, 0.2) is 34.7 Å². The summed E-state index contributed by atoms with van der Waals surface area (Å²) >= 11 is 11.5. The van der Waals surface area contributed by atoms with E-state index in [-0.39, 0.29) is 12.0 Å². The van der Waals surface area contributed by atoms with Crippen LogP contribution in [0.3, 0.4) is 0 Å². The van der Waals surface area contributed by atoms with Crippen molar-refractivity contribution in [2.75, 3.05) is 12.4 Å². The zero-order valence-corrected chi connectivity index (χ0v) is 12.3. The highest BCUT2D eigenvalue weighted by Crippen LogP contribution is 2.19. The maximum atomic E-state index is 11.5. The molecule has 0 spiro atoms. The fraction of sp³-hybridized carbons (Fsp3) is 0.357. The average molecular weight is 316 g/mol. The van der Waals surface area contributed by atoms with Gasteiger partial charge in [0.05, 0.1) is 5.38 Å². The third-order valence-electron chi connectivity index (χ3n) is 2.71. The zero-order valence-electron chi connectivity index (χ0n) is 10.8. The Labute approximate surface area is 127 Å². The van der Waals surface area contributed by atoms with Crippen LogP contribution < -0.4 is 5.32 Å². The predicted octanol–water partition coefficient (Wildman–Crippen LogP) is 3.90. The van der Waals surface area contributed by atoms with Gasteiger partial charge in [-0.3, -0.25) is 0 Å². The number of alkyl halides is 2. The number of benzene rings is 1. The molecule has 0 aliphatic heterocycles. The van der Waals surface area contributed by atoms with Crippen LogP contribution in [-0.4, -0.2) is 23.9 Å².